The van der Waals surface area contributed by atoms with Gasteiger partial charge in [0.1, 0.15) is 5.52 Å². The van der Waals surface area contributed by atoms with Crippen LogP contribution in [0.3, 0.4) is 0 Å². The first-order valence-electron chi connectivity index (χ1n) is 5.29. The van der Waals surface area contributed by atoms with Gasteiger partial charge >= 0.3 is 0 Å². The van der Waals surface area contributed by atoms with Crippen molar-refractivity contribution >= 4 is 32.5 Å². The lowest BCUT2D eigenvalue weighted by atomic mass is 10.1. The zero-order chi connectivity index (χ0) is 12.6. The zero-order valence-electron chi connectivity index (χ0n) is 9.59. The summed E-state index contributed by atoms with van der Waals surface area (Å²) in [5, 5.41) is 0.670. The first-order chi connectivity index (χ1) is 8.02. The highest BCUT2D eigenvalue weighted by Crippen LogP contribution is 2.30. The van der Waals surface area contributed by atoms with Crippen LogP contribution < -0.4 is 11.3 Å². The van der Waals surface area contributed by atoms with Crippen molar-refractivity contribution in [2.45, 2.75) is 19.8 Å². The summed E-state index contributed by atoms with van der Waals surface area (Å²) in [6, 6.07) is 5.04. The molecular formula is C12H13BrFN3. The topological polar surface area (TPSA) is 50.9 Å². The minimum Gasteiger partial charge on any atom is -0.323 e. The van der Waals surface area contributed by atoms with Gasteiger partial charge in [-0.2, -0.15) is 0 Å². The average molecular weight is 298 g/mol. The molecule has 0 radical (unpaired) electrons. The van der Waals surface area contributed by atoms with E-state index in [0.29, 0.717) is 21.1 Å². The van der Waals surface area contributed by atoms with Gasteiger partial charge in [0, 0.05) is 15.6 Å². The smallest absolute Gasteiger partial charge is 0.150 e. The Bertz CT molecular complexity index is 569. The van der Waals surface area contributed by atoms with Crippen molar-refractivity contribution in [1.29, 1.82) is 0 Å². The molecule has 2 rings (SSSR count). The van der Waals surface area contributed by atoms with E-state index in [2.05, 4.69) is 26.3 Å². The summed E-state index contributed by atoms with van der Waals surface area (Å²) in [4.78, 5) is 4.33. The molecule has 0 aliphatic heterocycles. The Morgan fingerprint density at radius 2 is 2.06 bits per heavy atom. The third-order valence-electron chi connectivity index (χ3n) is 2.60. The molecule has 3 N–H and O–H groups in total. The van der Waals surface area contributed by atoms with Crippen LogP contribution >= 0.6 is 15.9 Å². The minimum absolute atomic E-state index is 0.217. The lowest BCUT2D eigenvalue weighted by Gasteiger charge is -2.12. The quantitative estimate of drug-likeness (QED) is 0.658. The van der Waals surface area contributed by atoms with Crippen molar-refractivity contribution < 1.29 is 4.39 Å². The second-order valence-corrected chi connectivity index (χ2v) is 5.09. The molecule has 0 atom stereocenters. The number of nitrogens with one attached hydrogen (secondary N) is 1. The van der Waals surface area contributed by atoms with Gasteiger partial charge in [-0.1, -0.05) is 29.8 Å². The van der Waals surface area contributed by atoms with Crippen LogP contribution in [0.4, 0.5) is 10.1 Å². The highest BCUT2D eigenvalue weighted by atomic mass is 79.9. The fraction of sp³-hybridized carbons (Fsp3) is 0.250. The normalized spacial score (nSPS) is 11.2. The molecule has 0 aliphatic carbocycles. The first kappa shape index (κ1) is 12.3. The van der Waals surface area contributed by atoms with E-state index in [0.717, 1.165) is 5.69 Å². The minimum atomic E-state index is -0.353. The molecule has 0 bridgehead atoms. The maximum Gasteiger partial charge on any atom is 0.150 e. The number of hydrazine groups is 1. The Kier molecular flexibility index (Phi) is 3.31. The summed E-state index contributed by atoms with van der Waals surface area (Å²) in [6.07, 6.45) is 0. The Morgan fingerprint density at radius 3 is 2.65 bits per heavy atom. The number of fused-ring (bicyclic) bond motifs is 1. The van der Waals surface area contributed by atoms with E-state index in [9.17, 15) is 4.39 Å². The largest absolute Gasteiger partial charge is 0.323 e. The van der Waals surface area contributed by atoms with Crippen molar-refractivity contribution in [3.63, 3.8) is 0 Å². The molecule has 1 aromatic heterocycles. The van der Waals surface area contributed by atoms with Crippen molar-refractivity contribution in [1.82, 2.24) is 4.98 Å². The summed E-state index contributed by atoms with van der Waals surface area (Å²) < 4.78 is 14.5. The monoisotopic (exact) mass is 297 g/mol. The molecule has 0 spiro atoms. The molecule has 1 heterocycles. The van der Waals surface area contributed by atoms with Crippen LogP contribution in [-0.2, 0) is 0 Å². The molecule has 17 heavy (non-hydrogen) atoms. The standard InChI is InChI=1S/C12H13BrFN3/c1-6(2)10-5-11(17-15)8-3-7(13)4-9(14)12(8)16-10/h3-6H,15H2,1-2H3,(H,16,17). The van der Waals surface area contributed by atoms with E-state index >= 15 is 0 Å². The Balaban J connectivity index is 2.82. The number of rotatable bonds is 2. The number of nitrogens with zero attached hydrogens (tertiary/aromatic N) is 1. The molecule has 0 saturated carbocycles. The fourth-order valence-corrected chi connectivity index (χ4v) is 2.12. The highest BCUT2D eigenvalue weighted by Gasteiger charge is 2.12. The van der Waals surface area contributed by atoms with E-state index < -0.39 is 0 Å². The van der Waals surface area contributed by atoms with Gasteiger partial charge in [-0.25, -0.2) is 9.37 Å². The number of anilines is 1. The second-order valence-electron chi connectivity index (χ2n) is 4.18. The SMILES string of the molecule is CC(C)c1cc(NN)c2cc(Br)cc(F)c2n1. The zero-order valence-corrected chi connectivity index (χ0v) is 11.2. The number of pyridine rings is 1. The summed E-state index contributed by atoms with van der Waals surface area (Å²) in [5.74, 6) is 5.33. The third-order valence-corrected chi connectivity index (χ3v) is 3.06. The molecule has 0 unspecified atom stereocenters. The first-order valence-corrected chi connectivity index (χ1v) is 6.08. The predicted octanol–water partition coefficient (Wildman–Crippen LogP) is 3.55. The summed E-state index contributed by atoms with van der Waals surface area (Å²) in [7, 11) is 0. The van der Waals surface area contributed by atoms with Crippen molar-refractivity contribution in [3.05, 3.63) is 34.2 Å². The van der Waals surface area contributed by atoms with E-state index in [1.807, 2.05) is 19.9 Å². The molecule has 0 saturated heterocycles. The van der Waals surface area contributed by atoms with Crippen LogP contribution in [0.5, 0.6) is 0 Å². The number of nitrogens with two attached hydrogens (primary N) is 1. The summed E-state index contributed by atoms with van der Waals surface area (Å²) in [6.45, 7) is 4.01. The van der Waals surface area contributed by atoms with E-state index in [1.54, 1.807) is 6.07 Å². The fourth-order valence-electron chi connectivity index (χ4n) is 1.69. The predicted molar refractivity (Wildman–Crippen MR) is 71.3 cm³/mol. The van der Waals surface area contributed by atoms with Gasteiger partial charge in [0.2, 0.25) is 0 Å². The second kappa shape index (κ2) is 4.58. The average Bonchev–Trinajstić information content (AvgIpc) is 2.27. The Morgan fingerprint density at radius 1 is 1.35 bits per heavy atom. The molecule has 0 fully saturated rings. The number of hydrogen-bond acceptors (Lipinski definition) is 3. The molecular weight excluding hydrogens is 285 g/mol. The molecule has 3 nitrogen and oxygen atoms in total. The third kappa shape index (κ3) is 2.25. The molecule has 0 aliphatic rings. The van der Waals surface area contributed by atoms with Gasteiger partial charge < -0.3 is 5.43 Å². The van der Waals surface area contributed by atoms with E-state index in [4.69, 9.17) is 5.84 Å². The van der Waals surface area contributed by atoms with Crippen LogP contribution in [-0.4, -0.2) is 4.98 Å². The van der Waals surface area contributed by atoms with E-state index in [-0.39, 0.29) is 11.7 Å². The van der Waals surface area contributed by atoms with Gasteiger partial charge in [0.05, 0.1) is 5.69 Å². The van der Waals surface area contributed by atoms with Crippen molar-refractivity contribution in [3.8, 4) is 0 Å². The molecule has 0 amide bonds. The van der Waals surface area contributed by atoms with Crippen LogP contribution in [0.25, 0.3) is 10.9 Å². The number of halogens is 2. The number of aromatic nitrogens is 1. The van der Waals surface area contributed by atoms with E-state index in [1.165, 1.54) is 6.07 Å². The molecule has 1 aromatic carbocycles. The summed E-state index contributed by atoms with van der Waals surface area (Å²) >= 11 is 3.26. The molecule has 2 aromatic rings. The van der Waals surface area contributed by atoms with Crippen LogP contribution in [0, 0.1) is 5.82 Å². The lowest BCUT2D eigenvalue weighted by molar-refractivity contribution is 0.635. The maximum absolute atomic E-state index is 13.8. The maximum atomic E-state index is 13.8. The highest BCUT2D eigenvalue weighted by molar-refractivity contribution is 9.10. The van der Waals surface area contributed by atoms with Gasteiger partial charge in [-0.05, 0) is 24.1 Å². The van der Waals surface area contributed by atoms with Gasteiger partial charge in [-0.3, -0.25) is 5.84 Å². The van der Waals surface area contributed by atoms with Crippen molar-refractivity contribution in [2.75, 3.05) is 5.43 Å². The van der Waals surface area contributed by atoms with Gasteiger partial charge in [-0.15, -0.1) is 0 Å². The van der Waals surface area contributed by atoms with Crippen LogP contribution in [0.2, 0.25) is 0 Å². The number of nitrogen functional groups attached to an aromatic ring is 1. The van der Waals surface area contributed by atoms with Gasteiger partial charge in [0.15, 0.2) is 5.82 Å². The molecule has 5 heteroatoms. The molecule has 90 valence electrons. The Labute approximate surface area is 107 Å². The number of hydrogen-bond donors (Lipinski definition) is 2. The van der Waals surface area contributed by atoms with Gasteiger partial charge in [0.25, 0.3) is 0 Å². The van der Waals surface area contributed by atoms with Crippen molar-refractivity contribution in [2.24, 2.45) is 5.84 Å². The summed E-state index contributed by atoms with van der Waals surface area (Å²) in [5.41, 5.74) is 4.42. The Hall–Kier alpha value is -1.20. The van der Waals surface area contributed by atoms with Crippen LogP contribution in [0.15, 0.2) is 22.7 Å². The van der Waals surface area contributed by atoms with Crippen LogP contribution in [0.1, 0.15) is 25.5 Å². The number of benzene rings is 1. The lowest BCUT2D eigenvalue weighted by Crippen LogP contribution is -2.09.